The van der Waals surface area contributed by atoms with E-state index in [0.29, 0.717) is 5.75 Å². The molecule has 1 nitrogen and oxygen atoms in total. The maximum absolute atomic E-state index is 9.78. The van der Waals surface area contributed by atoms with Gasteiger partial charge in [-0.3, -0.25) is 0 Å². The molecule has 4 aromatic rings. The van der Waals surface area contributed by atoms with Crippen molar-refractivity contribution < 1.29 is 5.11 Å². The standard InChI is InChI=1S/C24H27OP.C6H6/c1-15-11-17(3)23(18(4)12-15)26(22-9-7-21(25)8-10-22)24-19(5)13-16(2)14-20(24)6;1-2-4-6-5-3-1/h7-14,25H,1-6H3;1-6H. The maximum Gasteiger partial charge on any atom is 0.115 e. The number of aryl methyl sites for hydroxylation is 6. The lowest BCUT2D eigenvalue weighted by atomic mass is 10.1. The fraction of sp³-hybridized carbons (Fsp3) is 0.200. The number of hydrogen-bond donors (Lipinski definition) is 1. The van der Waals surface area contributed by atoms with Crippen LogP contribution in [-0.2, 0) is 0 Å². The van der Waals surface area contributed by atoms with E-state index in [0.717, 1.165) is 0 Å². The van der Waals surface area contributed by atoms with Crippen LogP contribution in [0.5, 0.6) is 5.75 Å². The average molecular weight is 441 g/mol. The lowest BCUT2D eigenvalue weighted by Gasteiger charge is -2.27. The van der Waals surface area contributed by atoms with Gasteiger partial charge in [-0.1, -0.05) is 83.9 Å². The summed E-state index contributed by atoms with van der Waals surface area (Å²) < 4.78 is 0. The van der Waals surface area contributed by atoms with Crippen molar-refractivity contribution >= 4 is 23.8 Å². The van der Waals surface area contributed by atoms with E-state index < -0.39 is 7.92 Å². The van der Waals surface area contributed by atoms with Crippen LogP contribution in [0.1, 0.15) is 33.4 Å². The topological polar surface area (TPSA) is 20.2 Å². The molecule has 0 atom stereocenters. The van der Waals surface area contributed by atoms with Crippen molar-refractivity contribution in [2.45, 2.75) is 41.5 Å². The third kappa shape index (κ3) is 5.67. The molecule has 0 aliphatic carbocycles. The Hall–Kier alpha value is -2.89. The first-order valence-corrected chi connectivity index (χ1v) is 12.4. The third-order valence-corrected chi connectivity index (χ3v) is 8.61. The number of aromatic hydroxyl groups is 1. The van der Waals surface area contributed by atoms with Crippen molar-refractivity contribution in [3.8, 4) is 5.75 Å². The molecule has 0 saturated carbocycles. The summed E-state index contributed by atoms with van der Waals surface area (Å²) in [6, 6.07) is 28.9. The second-order valence-corrected chi connectivity index (χ2v) is 10.6. The van der Waals surface area contributed by atoms with Crippen LogP contribution in [0.2, 0.25) is 0 Å². The molecular formula is C30H33OP. The first-order chi connectivity index (χ1) is 15.3. The Bertz CT molecular complexity index is 1050. The molecule has 0 amide bonds. The molecule has 0 spiro atoms. The summed E-state index contributed by atoms with van der Waals surface area (Å²) in [7, 11) is -0.678. The summed E-state index contributed by atoms with van der Waals surface area (Å²) in [5, 5.41) is 13.9. The predicted octanol–water partition coefficient (Wildman–Crippen LogP) is 6.69. The van der Waals surface area contributed by atoms with Crippen molar-refractivity contribution in [3.05, 3.63) is 118 Å². The van der Waals surface area contributed by atoms with Gasteiger partial charge in [-0.2, -0.15) is 0 Å². The molecule has 0 aliphatic rings. The van der Waals surface area contributed by atoms with Crippen molar-refractivity contribution in [1.82, 2.24) is 0 Å². The van der Waals surface area contributed by atoms with Gasteiger partial charge < -0.3 is 5.11 Å². The smallest absolute Gasteiger partial charge is 0.115 e. The molecule has 0 aliphatic heterocycles. The van der Waals surface area contributed by atoms with Gasteiger partial charge in [0.05, 0.1) is 0 Å². The molecule has 2 heteroatoms. The van der Waals surface area contributed by atoms with E-state index in [4.69, 9.17) is 0 Å². The van der Waals surface area contributed by atoms with E-state index >= 15 is 0 Å². The van der Waals surface area contributed by atoms with Crippen LogP contribution in [0.3, 0.4) is 0 Å². The van der Waals surface area contributed by atoms with Crippen LogP contribution in [0.25, 0.3) is 0 Å². The van der Waals surface area contributed by atoms with Gasteiger partial charge in [0.15, 0.2) is 0 Å². The quantitative estimate of drug-likeness (QED) is 0.352. The zero-order chi connectivity index (χ0) is 23.3. The van der Waals surface area contributed by atoms with Crippen molar-refractivity contribution in [1.29, 1.82) is 0 Å². The van der Waals surface area contributed by atoms with E-state index in [2.05, 4.69) is 77.9 Å². The first kappa shape index (κ1) is 23.8. The minimum atomic E-state index is -0.678. The van der Waals surface area contributed by atoms with E-state index in [9.17, 15) is 5.11 Å². The largest absolute Gasteiger partial charge is 0.508 e. The van der Waals surface area contributed by atoms with Gasteiger partial charge in [0.25, 0.3) is 0 Å². The molecule has 4 aromatic carbocycles. The van der Waals surface area contributed by atoms with Crippen molar-refractivity contribution in [3.63, 3.8) is 0 Å². The lowest BCUT2D eigenvalue weighted by Crippen LogP contribution is -2.27. The van der Waals surface area contributed by atoms with E-state index in [1.165, 1.54) is 49.3 Å². The Labute approximate surface area is 194 Å². The highest BCUT2D eigenvalue weighted by Crippen LogP contribution is 2.38. The van der Waals surface area contributed by atoms with Crippen LogP contribution in [0.15, 0.2) is 84.9 Å². The molecule has 0 aromatic heterocycles. The summed E-state index contributed by atoms with van der Waals surface area (Å²) in [4.78, 5) is 0. The molecule has 0 heterocycles. The molecule has 1 N–H and O–H groups in total. The van der Waals surface area contributed by atoms with Gasteiger partial charge in [-0.25, -0.2) is 0 Å². The van der Waals surface area contributed by atoms with Gasteiger partial charge in [0, 0.05) is 0 Å². The van der Waals surface area contributed by atoms with Gasteiger partial charge in [-0.05, 0) is 99.8 Å². The van der Waals surface area contributed by atoms with Crippen LogP contribution in [0, 0.1) is 41.5 Å². The minimum absolute atomic E-state index is 0.318. The molecule has 32 heavy (non-hydrogen) atoms. The summed E-state index contributed by atoms with van der Waals surface area (Å²) in [6.07, 6.45) is 0. The highest BCUT2D eigenvalue weighted by molar-refractivity contribution is 7.80. The SMILES string of the molecule is Cc1cc(C)c(P(c2ccc(O)cc2)c2c(C)cc(C)cc2C)c(C)c1.c1ccccc1. The number of rotatable bonds is 3. The van der Waals surface area contributed by atoms with E-state index in [1.54, 1.807) is 0 Å². The Kier molecular flexibility index (Phi) is 7.89. The second-order valence-electron chi connectivity index (χ2n) is 8.50. The van der Waals surface area contributed by atoms with E-state index in [-0.39, 0.29) is 0 Å². The van der Waals surface area contributed by atoms with Crippen LogP contribution in [-0.4, -0.2) is 5.11 Å². The van der Waals surface area contributed by atoms with Gasteiger partial charge in [-0.15, -0.1) is 0 Å². The molecule has 4 rings (SSSR count). The number of phenolic OH excluding ortho intramolecular Hbond substituents is 1. The predicted molar refractivity (Wildman–Crippen MR) is 142 cm³/mol. The zero-order valence-electron chi connectivity index (χ0n) is 20.0. The summed E-state index contributed by atoms with van der Waals surface area (Å²) in [5.41, 5.74) is 8.01. The lowest BCUT2D eigenvalue weighted by molar-refractivity contribution is 0.475. The van der Waals surface area contributed by atoms with Gasteiger partial charge >= 0.3 is 0 Å². The fourth-order valence-electron chi connectivity index (χ4n) is 4.41. The van der Waals surface area contributed by atoms with Crippen LogP contribution >= 0.6 is 7.92 Å². The number of benzene rings is 4. The monoisotopic (exact) mass is 440 g/mol. The minimum Gasteiger partial charge on any atom is -0.508 e. The van der Waals surface area contributed by atoms with Crippen molar-refractivity contribution in [2.75, 3.05) is 0 Å². The zero-order valence-corrected chi connectivity index (χ0v) is 20.9. The fourth-order valence-corrected chi connectivity index (χ4v) is 7.26. The molecule has 164 valence electrons. The first-order valence-electron chi connectivity index (χ1n) is 11.0. The Morgan fingerprint density at radius 3 is 1.12 bits per heavy atom. The highest BCUT2D eigenvalue weighted by Gasteiger charge is 2.24. The van der Waals surface area contributed by atoms with Gasteiger partial charge in [0.2, 0.25) is 0 Å². The molecule has 0 saturated heterocycles. The maximum atomic E-state index is 9.78. The number of phenols is 1. The van der Waals surface area contributed by atoms with Crippen LogP contribution in [0.4, 0.5) is 0 Å². The highest BCUT2D eigenvalue weighted by atomic mass is 31.1. The number of hydrogen-bond acceptors (Lipinski definition) is 1. The Balaban J connectivity index is 0.000000416. The molecular weight excluding hydrogens is 407 g/mol. The molecule has 0 fully saturated rings. The van der Waals surface area contributed by atoms with Crippen molar-refractivity contribution in [2.24, 2.45) is 0 Å². The van der Waals surface area contributed by atoms with E-state index in [1.807, 2.05) is 48.5 Å². The third-order valence-electron chi connectivity index (χ3n) is 5.49. The molecule has 0 radical (unpaired) electrons. The summed E-state index contributed by atoms with van der Waals surface area (Å²) >= 11 is 0. The average Bonchev–Trinajstić information content (AvgIpc) is 2.74. The Morgan fingerprint density at radius 1 is 0.500 bits per heavy atom. The second kappa shape index (κ2) is 10.6. The summed E-state index contributed by atoms with van der Waals surface area (Å²) in [6.45, 7) is 13.2. The Morgan fingerprint density at radius 2 is 0.812 bits per heavy atom. The summed E-state index contributed by atoms with van der Waals surface area (Å²) in [5.74, 6) is 0.318. The van der Waals surface area contributed by atoms with Crippen LogP contribution < -0.4 is 15.9 Å². The normalized spacial score (nSPS) is 10.6. The molecule has 0 bridgehead atoms. The molecule has 0 unspecified atom stereocenters. The van der Waals surface area contributed by atoms with Gasteiger partial charge in [0.1, 0.15) is 5.75 Å².